The summed E-state index contributed by atoms with van der Waals surface area (Å²) in [7, 11) is 0. The number of carbonyl (C=O) groups is 1. The van der Waals surface area contributed by atoms with Crippen molar-refractivity contribution in [2.45, 2.75) is 19.4 Å². The second-order valence-corrected chi connectivity index (χ2v) is 4.95. The van der Waals surface area contributed by atoms with E-state index in [1.165, 1.54) is 0 Å². The summed E-state index contributed by atoms with van der Waals surface area (Å²) in [5.41, 5.74) is 0. The number of hydrogen-bond donors (Lipinski definition) is 1. The van der Waals surface area contributed by atoms with Gasteiger partial charge in [-0.15, -0.1) is 0 Å². The quantitative estimate of drug-likeness (QED) is 0.691. The summed E-state index contributed by atoms with van der Waals surface area (Å²) in [5, 5.41) is 8.77. The van der Waals surface area contributed by atoms with E-state index < -0.39 is 5.97 Å². The van der Waals surface area contributed by atoms with Gasteiger partial charge < -0.3 is 9.84 Å². The molecule has 1 atom stereocenters. The Labute approximate surface area is 95.0 Å². The Bertz CT molecular complexity index is 201. The molecule has 0 aliphatic carbocycles. The van der Waals surface area contributed by atoms with Crippen LogP contribution < -0.4 is 0 Å². The lowest BCUT2D eigenvalue weighted by molar-refractivity contribution is -0.140. The van der Waals surface area contributed by atoms with Gasteiger partial charge in [-0.05, 0) is 5.75 Å². The van der Waals surface area contributed by atoms with E-state index in [-0.39, 0.29) is 12.5 Å². The molecule has 0 aromatic carbocycles. The van der Waals surface area contributed by atoms with Crippen molar-refractivity contribution in [3.8, 4) is 0 Å². The van der Waals surface area contributed by atoms with Crippen molar-refractivity contribution < 1.29 is 14.6 Å². The van der Waals surface area contributed by atoms with Crippen molar-refractivity contribution in [3.05, 3.63) is 0 Å². The second kappa shape index (κ2) is 7.09. The van der Waals surface area contributed by atoms with Crippen molar-refractivity contribution in [1.82, 2.24) is 4.90 Å². The van der Waals surface area contributed by atoms with Crippen LogP contribution in [-0.4, -0.2) is 59.8 Å². The second-order valence-electron chi connectivity index (χ2n) is 3.56. The van der Waals surface area contributed by atoms with Crippen LogP contribution in [0.2, 0.25) is 0 Å². The molecule has 1 aliphatic rings. The number of morpholine rings is 1. The minimum atomic E-state index is -0.737. The van der Waals surface area contributed by atoms with Crippen LogP contribution in [-0.2, 0) is 9.53 Å². The zero-order valence-corrected chi connectivity index (χ0v) is 9.96. The van der Waals surface area contributed by atoms with Gasteiger partial charge in [-0.3, -0.25) is 9.69 Å². The highest BCUT2D eigenvalue weighted by Crippen LogP contribution is 2.11. The number of carboxylic acid groups (broad SMARTS) is 1. The fourth-order valence-electron chi connectivity index (χ4n) is 1.70. The van der Waals surface area contributed by atoms with Crippen molar-refractivity contribution in [2.75, 3.05) is 37.8 Å². The van der Waals surface area contributed by atoms with Gasteiger partial charge in [0.2, 0.25) is 0 Å². The molecule has 1 heterocycles. The molecule has 0 aromatic rings. The molecule has 1 N–H and O–H groups in total. The van der Waals surface area contributed by atoms with Crippen LogP contribution in [0, 0.1) is 0 Å². The first-order valence-corrected chi connectivity index (χ1v) is 6.50. The molecule has 15 heavy (non-hydrogen) atoms. The summed E-state index contributed by atoms with van der Waals surface area (Å²) < 4.78 is 5.31. The number of aliphatic carboxylic acids is 1. The van der Waals surface area contributed by atoms with Crippen molar-refractivity contribution in [1.29, 1.82) is 0 Å². The minimum absolute atomic E-state index is 0.0636. The van der Waals surface area contributed by atoms with Gasteiger partial charge in [0.05, 0.1) is 19.6 Å². The first-order chi connectivity index (χ1) is 7.24. The van der Waals surface area contributed by atoms with Crippen LogP contribution in [0.1, 0.15) is 13.3 Å². The maximum absolute atomic E-state index is 10.7. The summed E-state index contributed by atoms with van der Waals surface area (Å²) in [6, 6.07) is 0.0636. The van der Waals surface area contributed by atoms with Crippen LogP contribution in [0.5, 0.6) is 0 Å². The molecule has 5 heteroatoms. The maximum atomic E-state index is 10.7. The number of nitrogens with zero attached hydrogens (tertiary/aromatic N) is 1. The Morgan fingerprint density at radius 3 is 3.13 bits per heavy atom. The standard InChI is InChI=1S/C10H19NO3S/c1-2-15-6-4-11-3-5-14-8-9(11)7-10(12)13/h9H,2-8H2,1H3,(H,12,13). The van der Waals surface area contributed by atoms with Gasteiger partial charge in [-0.1, -0.05) is 6.92 Å². The summed E-state index contributed by atoms with van der Waals surface area (Å²) in [6.07, 6.45) is 0.191. The number of ether oxygens (including phenoxy) is 1. The Kier molecular flexibility index (Phi) is 6.05. The molecule has 1 aliphatic heterocycles. The monoisotopic (exact) mass is 233 g/mol. The van der Waals surface area contributed by atoms with Gasteiger partial charge in [-0.25, -0.2) is 0 Å². The van der Waals surface area contributed by atoms with Crippen LogP contribution in [0.15, 0.2) is 0 Å². The lowest BCUT2D eigenvalue weighted by Crippen LogP contribution is -2.47. The maximum Gasteiger partial charge on any atom is 0.305 e. The molecule has 88 valence electrons. The van der Waals surface area contributed by atoms with E-state index in [0.717, 1.165) is 31.2 Å². The highest BCUT2D eigenvalue weighted by molar-refractivity contribution is 7.99. The lowest BCUT2D eigenvalue weighted by atomic mass is 10.1. The summed E-state index contributed by atoms with van der Waals surface area (Å²) >= 11 is 1.89. The van der Waals surface area contributed by atoms with E-state index in [0.29, 0.717) is 6.61 Å². The van der Waals surface area contributed by atoms with Crippen LogP contribution in [0.4, 0.5) is 0 Å². The average molecular weight is 233 g/mol. The fourth-order valence-corrected chi connectivity index (χ4v) is 2.35. The topological polar surface area (TPSA) is 49.8 Å². The van der Waals surface area contributed by atoms with Crippen LogP contribution in [0.25, 0.3) is 0 Å². The average Bonchev–Trinajstić information content (AvgIpc) is 2.20. The zero-order valence-electron chi connectivity index (χ0n) is 9.15. The van der Waals surface area contributed by atoms with Gasteiger partial charge >= 0.3 is 5.97 Å². The van der Waals surface area contributed by atoms with E-state index in [1.54, 1.807) is 0 Å². The van der Waals surface area contributed by atoms with Gasteiger partial charge in [0.15, 0.2) is 0 Å². The minimum Gasteiger partial charge on any atom is -0.481 e. The Balaban J connectivity index is 2.32. The predicted molar refractivity (Wildman–Crippen MR) is 61.4 cm³/mol. The molecule has 1 rings (SSSR count). The molecule has 0 saturated carbocycles. The van der Waals surface area contributed by atoms with Crippen molar-refractivity contribution in [3.63, 3.8) is 0 Å². The fraction of sp³-hybridized carbons (Fsp3) is 0.900. The zero-order chi connectivity index (χ0) is 11.1. The molecule has 0 aromatic heterocycles. The van der Waals surface area contributed by atoms with Crippen LogP contribution >= 0.6 is 11.8 Å². The third-order valence-corrected chi connectivity index (χ3v) is 3.37. The van der Waals surface area contributed by atoms with Gasteiger partial charge in [-0.2, -0.15) is 11.8 Å². The molecule has 1 fully saturated rings. The Morgan fingerprint density at radius 2 is 2.47 bits per heavy atom. The summed E-state index contributed by atoms with van der Waals surface area (Å²) in [6.45, 7) is 5.26. The SMILES string of the molecule is CCSCCN1CCOCC1CC(=O)O. The third kappa shape index (κ3) is 4.86. The molecule has 0 radical (unpaired) electrons. The Morgan fingerprint density at radius 1 is 1.67 bits per heavy atom. The molecule has 1 saturated heterocycles. The smallest absolute Gasteiger partial charge is 0.305 e. The summed E-state index contributed by atoms with van der Waals surface area (Å²) in [5.74, 6) is 1.46. The normalized spacial score (nSPS) is 22.9. The summed E-state index contributed by atoms with van der Waals surface area (Å²) in [4.78, 5) is 12.9. The van der Waals surface area contributed by atoms with E-state index in [9.17, 15) is 4.79 Å². The molecule has 1 unspecified atom stereocenters. The molecule has 0 amide bonds. The largest absolute Gasteiger partial charge is 0.481 e. The predicted octanol–water partition coefficient (Wildman–Crippen LogP) is 0.915. The highest BCUT2D eigenvalue weighted by atomic mass is 32.2. The molecule has 0 spiro atoms. The number of thioether (sulfide) groups is 1. The van der Waals surface area contributed by atoms with E-state index in [2.05, 4.69) is 11.8 Å². The van der Waals surface area contributed by atoms with E-state index in [4.69, 9.17) is 9.84 Å². The molecular weight excluding hydrogens is 214 g/mol. The van der Waals surface area contributed by atoms with Crippen LogP contribution in [0.3, 0.4) is 0 Å². The first kappa shape index (κ1) is 12.8. The van der Waals surface area contributed by atoms with Gasteiger partial charge in [0.25, 0.3) is 0 Å². The first-order valence-electron chi connectivity index (χ1n) is 5.35. The number of carboxylic acids is 1. The third-order valence-electron chi connectivity index (χ3n) is 2.49. The van der Waals surface area contributed by atoms with E-state index >= 15 is 0 Å². The molecular formula is C10H19NO3S. The van der Waals surface area contributed by atoms with Crippen molar-refractivity contribution >= 4 is 17.7 Å². The van der Waals surface area contributed by atoms with Gasteiger partial charge in [0, 0.05) is 24.9 Å². The number of rotatable bonds is 6. The lowest BCUT2D eigenvalue weighted by Gasteiger charge is -2.34. The van der Waals surface area contributed by atoms with Crippen molar-refractivity contribution in [2.24, 2.45) is 0 Å². The van der Waals surface area contributed by atoms with Gasteiger partial charge in [0.1, 0.15) is 0 Å². The van der Waals surface area contributed by atoms with E-state index in [1.807, 2.05) is 11.8 Å². The molecule has 0 bridgehead atoms. The molecule has 4 nitrogen and oxygen atoms in total. The number of hydrogen-bond acceptors (Lipinski definition) is 4. The highest BCUT2D eigenvalue weighted by Gasteiger charge is 2.24. The Hall–Kier alpha value is -0.260.